The van der Waals surface area contributed by atoms with Crippen molar-refractivity contribution >= 4 is 5.97 Å². The van der Waals surface area contributed by atoms with Crippen molar-refractivity contribution in [1.82, 2.24) is 4.90 Å². The minimum Gasteiger partial charge on any atom is -0.490 e. The Labute approximate surface area is 148 Å². The van der Waals surface area contributed by atoms with Gasteiger partial charge in [-0.25, -0.2) is 0 Å². The molecule has 6 heteroatoms. The molecule has 1 aromatic carbocycles. The second-order valence-electron chi connectivity index (χ2n) is 5.00. The molecule has 0 unspecified atom stereocenters. The molecule has 0 aliphatic carbocycles. The predicted octanol–water partition coefficient (Wildman–Crippen LogP) is 2.81. The van der Waals surface area contributed by atoms with Crippen LogP contribution in [0.2, 0.25) is 0 Å². The van der Waals surface area contributed by atoms with E-state index in [0.29, 0.717) is 6.54 Å². The van der Waals surface area contributed by atoms with Crippen molar-refractivity contribution in [2.75, 3.05) is 26.3 Å². The summed E-state index contributed by atoms with van der Waals surface area (Å²) >= 11 is 0. The van der Waals surface area contributed by atoms with Gasteiger partial charge in [0.15, 0.2) is 0 Å². The summed E-state index contributed by atoms with van der Waals surface area (Å²) in [7, 11) is 0. The number of esters is 1. The van der Waals surface area contributed by atoms with Crippen molar-refractivity contribution in [2.45, 2.75) is 13.3 Å². The van der Waals surface area contributed by atoms with Gasteiger partial charge < -0.3 is 14.4 Å². The van der Waals surface area contributed by atoms with Gasteiger partial charge in [-0.1, -0.05) is 25.1 Å². The zero-order valence-corrected chi connectivity index (χ0v) is 14.2. The summed E-state index contributed by atoms with van der Waals surface area (Å²) in [5.41, 5.74) is 0.00772. The highest BCUT2D eigenvalue weighted by Crippen LogP contribution is 2.07. The number of carbonyl (C=O) groups is 1. The summed E-state index contributed by atoms with van der Waals surface area (Å²) in [5, 5.41) is 17.3. The monoisotopic (exact) mass is 339 g/mol. The fraction of sp³-hybridized carbons (Fsp3) is 0.316. The number of rotatable bonds is 10. The lowest BCUT2D eigenvalue weighted by molar-refractivity contribution is -0.145. The first-order valence-electron chi connectivity index (χ1n) is 7.95. The van der Waals surface area contributed by atoms with Crippen molar-refractivity contribution in [3.8, 4) is 17.9 Å². The van der Waals surface area contributed by atoms with Gasteiger partial charge >= 0.3 is 5.97 Å². The number of nitrogens with zero attached hydrogens (tertiary/aromatic N) is 3. The highest BCUT2D eigenvalue weighted by molar-refractivity contribution is 5.71. The van der Waals surface area contributed by atoms with Crippen LogP contribution in [0.3, 0.4) is 0 Å². The Morgan fingerprint density at radius 3 is 2.56 bits per heavy atom. The molecule has 0 heterocycles. The fourth-order valence-corrected chi connectivity index (χ4v) is 1.90. The maximum absolute atomic E-state index is 11.9. The number of hydrogen-bond acceptors (Lipinski definition) is 6. The molecule has 0 bridgehead atoms. The van der Waals surface area contributed by atoms with Crippen LogP contribution >= 0.6 is 0 Å². The SMILES string of the molecule is CCCN(/C=C/C=C(C#N)C#N)CC(=O)OCCOc1ccccc1. The van der Waals surface area contributed by atoms with E-state index in [0.717, 1.165) is 12.2 Å². The summed E-state index contributed by atoms with van der Waals surface area (Å²) in [6.45, 7) is 3.21. The minimum absolute atomic E-state index is 0.00772. The number of benzene rings is 1. The molecule has 6 nitrogen and oxygen atoms in total. The number of para-hydroxylation sites is 1. The molecule has 0 amide bonds. The molecule has 0 aliphatic heterocycles. The van der Waals surface area contributed by atoms with Gasteiger partial charge in [0, 0.05) is 6.54 Å². The third kappa shape index (κ3) is 8.83. The second kappa shape index (κ2) is 12.2. The average Bonchev–Trinajstić information content (AvgIpc) is 2.63. The lowest BCUT2D eigenvalue weighted by Gasteiger charge is -2.18. The zero-order chi connectivity index (χ0) is 18.3. The van der Waals surface area contributed by atoms with Crippen LogP contribution in [0.4, 0.5) is 0 Å². The smallest absolute Gasteiger partial charge is 0.325 e. The summed E-state index contributed by atoms with van der Waals surface area (Å²) in [5.74, 6) is 0.367. The normalized spacial score (nSPS) is 9.72. The number of ether oxygens (including phenoxy) is 2. The van der Waals surface area contributed by atoms with Gasteiger partial charge in [0.05, 0.1) is 0 Å². The van der Waals surface area contributed by atoms with Gasteiger partial charge in [-0.3, -0.25) is 4.79 Å². The Hall–Kier alpha value is -3.25. The van der Waals surface area contributed by atoms with Crippen LogP contribution < -0.4 is 4.74 Å². The van der Waals surface area contributed by atoms with E-state index in [1.54, 1.807) is 29.3 Å². The van der Waals surface area contributed by atoms with Crippen LogP contribution in [0.25, 0.3) is 0 Å². The van der Waals surface area contributed by atoms with Crippen LogP contribution in [0.15, 0.2) is 54.3 Å². The molecule has 0 saturated heterocycles. The zero-order valence-electron chi connectivity index (χ0n) is 14.2. The van der Waals surface area contributed by atoms with Gasteiger partial charge in [0.1, 0.15) is 43.2 Å². The minimum atomic E-state index is -0.362. The molecule has 0 radical (unpaired) electrons. The summed E-state index contributed by atoms with van der Waals surface area (Å²) in [6, 6.07) is 12.8. The van der Waals surface area contributed by atoms with Crippen LogP contribution in [0.5, 0.6) is 5.75 Å². The van der Waals surface area contributed by atoms with Crippen LogP contribution in [-0.4, -0.2) is 37.2 Å². The molecule has 0 fully saturated rings. The molecular weight excluding hydrogens is 318 g/mol. The molecule has 1 rings (SSSR count). The number of allylic oxidation sites excluding steroid dienone is 3. The Morgan fingerprint density at radius 2 is 1.92 bits per heavy atom. The van der Waals surface area contributed by atoms with Gasteiger partial charge in [-0.15, -0.1) is 0 Å². The lowest BCUT2D eigenvalue weighted by atomic mass is 10.3. The van der Waals surface area contributed by atoms with E-state index in [2.05, 4.69) is 0 Å². The Morgan fingerprint density at radius 1 is 1.20 bits per heavy atom. The maximum atomic E-state index is 11.9. The molecule has 0 saturated carbocycles. The van der Waals surface area contributed by atoms with E-state index >= 15 is 0 Å². The molecule has 1 aromatic rings. The van der Waals surface area contributed by atoms with Crippen LogP contribution in [0, 0.1) is 22.7 Å². The highest BCUT2D eigenvalue weighted by atomic mass is 16.6. The van der Waals surface area contributed by atoms with Crippen molar-refractivity contribution < 1.29 is 14.3 Å². The maximum Gasteiger partial charge on any atom is 0.325 e. The topological polar surface area (TPSA) is 86.4 Å². The van der Waals surface area contributed by atoms with Gasteiger partial charge in [0.2, 0.25) is 0 Å². The standard InChI is InChI=1S/C19H21N3O3/c1-2-10-22(11-6-7-17(14-20)15-21)16-19(23)25-13-12-24-18-8-4-3-5-9-18/h3-9,11H,2,10,12-13,16H2,1H3/b11-6+. The molecular formula is C19H21N3O3. The number of carbonyl (C=O) groups excluding carboxylic acids is 1. The molecule has 0 aliphatic rings. The molecule has 130 valence electrons. The first kappa shape index (κ1) is 19.8. The predicted molar refractivity (Wildman–Crippen MR) is 93.2 cm³/mol. The first-order valence-corrected chi connectivity index (χ1v) is 7.95. The Balaban J connectivity index is 2.38. The van der Waals surface area contributed by atoms with E-state index in [4.69, 9.17) is 20.0 Å². The van der Waals surface area contributed by atoms with E-state index in [-0.39, 0.29) is 31.3 Å². The first-order chi connectivity index (χ1) is 12.2. The lowest BCUT2D eigenvalue weighted by Crippen LogP contribution is -2.28. The van der Waals surface area contributed by atoms with Crippen molar-refractivity contribution in [1.29, 1.82) is 10.5 Å². The quantitative estimate of drug-likeness (QED) is 0.282. The third-order valence-corrected chi connectivity index (χ3v) is 3.00. The largest absolute Gasteiger partial charge is 0.490 e. The van der Waals surface area contributed by atoms with Crippen molar-refractivity contribution in [3.63, 3.8) is 0 Å². The van der Waals surface area contributed by atoms with E-state index in [1.807, 2.05) is 37.3 Å². The Kier molecular flexibility index (Phi) is 9.67. The summed E-state index contributed by atoms with van der Waals surface area (Å²) in [6.07, 6.45) is 5.49. The fourth-order valence-electron chi connectivity index (χ4n) is 1.90. The molecule has 25 heavy (non-hydrogen) atoms. The van der Waals surface area contributed by atoms with Crippen molar-refractivity contribution in [3.05, 3.63) is 54.3 Å². The van der Waals surface area contributed by atoms with E-state index < -0.39 is 0 Å². The van der Waals surface area contributed by atoms with Crippen LogP contribution in [0.1, 0.15) is 13.3 Å². The molecule has 0 spiro atoms. The molecule has 0 atom stereocenters. The molecule has 0 aromatic heterocycles. The Bertz CT molecular complexity index is 653. The summed E-state index contributed by atoms with van der Waals surface area (Å²) < 4.78 is 10.6. The molecule has 0 N–H and O–H groups in total. The van der Waals surface area contributed by atoms with Crippen LogP contribution in [-0.2, 0) is 9.53 Å². The second-order valence-corrected chi connectivity index (χ2v) is 5.00. The van der Waals surface area contributed by atoms with E-state index in [1.165, 1.54) is 6.08 Å². The van der Waals surface area contributed by atoms with Gasteiger partial charge in [-0.05, 0) is 36.9 Å². The van der Waals surface area contributed by atoms with E-state index in [9.17, 15) is 4.79 Å². The summed E-state index contributed by atoms with van der Waals surface area (Å²) in [4.78, 5) is 13.6. The number of hydrogen-bond donors (Lipinski definition) is 0. The average molecular weight is 339 g/mol. The highest BCUT2D eigenvalue weighted by Gasteiger charge is 2.07. The third-order valence-electron chi connectivity index (χ3n) is 3.00. The van der Waals surface area contributed by atoms with Gasteiger partial charge in [0.25, 0.3) is 0 Å². The number of nitriles is 2. The van der Waals surface area contributed by atoms with Gasteiger partial charge in [-0.2, -0.15) is 10.5 Å². The van der Waals surface area contributed by atoms with Crippen molar-refractivity contribution in [2.24, 2.45) is 0 Å².